The van der Waals surface area contributed by atoms with Gasteiger partial charge in [0.25, 0.3) is 0 Å². The van der Waals surface area contributed by atoms with Crippen molar-refractivity contribution in [1.29, 1.82) is 0 Å². The van der Waals surface area contributed by atoms with Gasteiger partial charge >= 0.3 is 0 Å². The second kappa shape index (κ2) is 8.27. The number of halogens is 2. The third-order valence-corrected chi connectivity index (χ3v) is 6.02. The molecule has 0 unspecified atom stereocenters. The van der Waals surface area contributed by atoms with Crippen molar-refractivity contribution in [2.75, 3.05) is 0 Å². The molecule has 3 rings (SSSR count). The Morgan fingerprint density at radius 2 is 1.67 bits per heavy atom. The van der Waals surface area contributed by atoms with Gasteiger partial charge in [-0.25, -0.2) is 8.78 Å². The Balaban J connectivity index is 1.47. The molecule has 1 aromatic rings. The average molecular weight is 330 g/mol. The molecule has 24 heavy (non-hydrogen) atoms. The molecule has 0 saturated heterocycles. The monoisotopic (exact) mass is 330 g/mol. The molecule has 0 aromatic heterocycles. The van der Waals surface area contributed by atoms with Crippen molar-refractivity contribution >= 4 is 0 Å². The third-order valence-electron chi connectivity index (χ3n) is 6.02. The zero-order chi connectivity index (χ0) is 16.9. The molecule has 2 saturated carbocycles. The summed E-state index contributed by atoms with van der Waals surface area (Å²) in [6.45, 7) is 3.82. The first-order valence-corrected chi connectivity index (χ1v) is 9.43. The largest absolute Gasteiger partial charge is 0.204 e. The van der Waals surface area contributed by atoms with Gasteiger partial charge in [-0.2, -0.15) is 0 Å². The van der Waals surface area contributed by atoms with Gasteiger partial charge in [-0.05, 0) is 99.7 Å². The maximum atomic E-state index is 13.4. The fourth-order valence-corrected chi connectivity index (χ4v) is 4.48. The van der Waals surface area contributed by atoms with Gasteiger partial charge in [0.15, 0.2) is 11.6 Å². The number of hydrogen-bond donors (Lipinski definition) is 0. The Kier molecular flexibility index (Phi) is 6.08. The van der Waals surface area contributed by atoms with Crippen LogP contribution in [0.25, 0.3) is 0 Å². The molecule has 2 heteroatoms. The van der Waals surface area contributed by atoms with Crippen LogP contribution in [0, 0.1) is 35.3 Å². The Morgan fingerprint density at radius 3 is 2.29 bits per heavy atom. The van der Waals surface area contributed by atoms with E-state index in [9.17, 15) is 8.78 Å². The Morgan fingerprint density at radius 1 is 0.958 bits per heavy atom. The summed E-state index contributed by atoms with van der Waals surface area (Å²) in [5, 5.41) is 0. The molecule has 2 aliphatic carbocycles. The van der Waals surface area contributed by atoms with Crippen LogP contribution in [-0.2, 0) is 0 Å². The number of allylic oxidation sites excluding steroid dienone is 1. The van der Waals surface area contributed by atoms with Gasteiger partial charge < -0.3 is 0 Å². The Hall–Kier alpha value is -1.18. The molecule has 0 N–H and O–H groups in total. The quantitative estimate of drug-likeness (QED) is 0.520. The first kappa shape index (κ1) is 17.6. The normalized spacial score (nSPS) is 21.9. The molecule has 2 aliphatic rings. The minimum Gasteiger partial charge on any atom is -0.204 e. The summed E-state index contributed by atoms with van der Waals surface area (Å²) in [6, 6.07) is 4.35. The van der Waals surface area contributed by atoms with Crippen molar-refractivity contribution in [3.8, 4) is 0 Å². The highest BCUT2D eigenvalue weighted by atomic mass is 19.2. The summed E-state index contributed by atoms with van der Waals surface area (Å²) in [4.78, 5) is 0. The second-order valence-electron chi connectivity index (χ2n) is 7.47. The van der Waals surface area contributed by atoms with Gasteiger partial charge in [0.1, 0.15) is 0 Å². The van der Waals surface area contributed by atoms with Crippen molar-refractivity contribution in [3.05, 3.63) is 59.9 Å². The van der Waals surface area contributed by atoms with Crippen LogP contribution in [0.15, 0.2) is 30.9 Å². The lowest BCUT2D eigenvalue weighted by atomic mass is 9.68. The second-order valence-corrected chi connectivity index (χ2v) is 7.47. The van der Waals surface area contributed by atoms with Crippen LogP contribution in [0.4, 0.5) is 8.78 Å². The van der Waals surface area contributed by atoms with Gasteiger partial charge in [0.05, 0.1) is 0 Å². The molecule has 0 nitrogen and oxygen atoms in total. The van der Waals surface area contributed by atoms with Crippen LogP contribution < -0.4 is 0 Å². The predicted molar refractivity (Wildman–Crippen MR) is 95.3 cm³/mol. The minimum absolute atomic E-state index is 0.727. The maximum Gasteiger partial charge on any atom is 0.159 e. The van der Waals surface area contributed by atoms with Crippen LogP contribution in [0.5, 0.6) is 0 Å². The van der Waals surface area contributed by atoms with E-state index in [-0.39, 0.29) is 0 Å². The van der Waals surface area contributed by atoms with Crippen LogP contribution in [0.3, 0.4) is 0 Å². The zero-order valence-electron chi connectivity index (χ0n) is 14.5. The molecule has 1 aromatic carbocycles. The van der Waals surface area contributed by atoms with Gasteiger partial charge in [0.2, 0.25) is 0 Å². The summed E-state index contributed by atoms with van der Waals surface area (Å²) >= 11 is 0. The lowest BCUT2D eigenvalue weighted by Gasteiger charge is -2.37. The standard InChI is InChI=1S/C22H28F2/c1-2-3-4-16-5-7-17(8-6-16)18-9-11-19(12-10-18)20-13-14-21(23)22(24)15-20/h2,13-16,18H,1,3-12H2. The van der Waals surface area contributed by atoms with Crippen molar-refractivity contribution in [1.82, 2.24) is 0 Å². The molecule has 0 spiro atoms. The van der Waals surface area contributed by atoms with Crippen LogP contribution in [-0.4, -0.2) is 0 Å². The van der Waals surface area contributed by atoms with E-state index >= 15 is 0 Å². The van der Waals surface area contributed by atoms with Crippen molar-refractivity contribution in [3.63, 3.8) is 0 Å². The third kappa shape index (κ3) is 4.26. The number of benzene rings is 1. The fourth-order valence-electron chi connectivity index (χ4n) is 4.48. The van der Waals surface area contributed by atoms with Gasteiger partial charge in [-0.3, -0.25) is 0 Å². The average Bonchev–Trinajstić information content (AvgIpc) is 2.63. The molecular weight excluding hydrogens is 302 g/mol. The van der Waals surface area contributed by atoms with Crippen molar-refractivity contribution < 1.29 is 8.78 Å². The maximum absolute atomic E-state index is 13.4. The molecule has 0 amide bonds. The Bertz CT molecular complexity index is 535. The molecule has 0 bridgehead atoms. The van der Waals surface area contributed by atoms with Crippen molar-refractivity contribution in [2.45, 2.75) is 64.2 Å². The summed E-state index contributed by atoms with van der Waals surface area (Å²) in [6.07, 6.45) is 14.2. The van der Waals surface area contributed by atoms with Crippen LogP contribution in [0.2, 0.25) is 0 Å². The van der Waals surface area contributed by atoms with E-state index in [0.717, 1.165) is 36.7 Å². The first-order valence-electron chi connectivity index (χ1n) is 9.43. The topological polar surface area (TPSA) is 0 Å². The summed E-state index contributed by atoms with van der Waals surface area (Å²) in [5.41, 5.74) is 0.894. The number of hydrogen-bond acceptors (Lipinski definition) is 0. The molecule has 2 radical (unpaired) electrons. The van der Waals surface area contributed by atoms with E-state index in [1.54, 1.807) is 12.0 Å². The number of rotatable bonds is 5. The van der Waals surface area contributed by atoms with E-state index in [0.29, 0.717) is 0 Å². The minimum atomic E-state index is -0.753. The molecule has 0 atom stereocenters. The molecule has 2 fully saturated rings. The van der Waals surface area contributed by atoms with Crippen LogP contribution in [0.1, 0.15) is 69.8 Å². The van der Waals surface area contributed by atoms with E-state index in [1.165, 1.54) is 63.0 Å². The molecular formula is C22H28F2. The van der Waals surface area contributed by atoms with E-state index in [2.05, 4.69) is 6.58 Å². The van der Waals surface area contributed by atoms with E-state index in [4.69, 9.17) is 0 Å². The first-order chi connectivity index (χ1) is 11.7. The fraction of sp³-hybridized carbons (Fsp3) is 0.545. The van der Waals surface area contributed by atoms with Gasteiger partial charge in [-0.15, -0.1) is 6.58 Å². The smallest absolute Gasteiger partial charge is 0.159 e. The summed E-state index contributed by atoms with van der Waals surface area (Å²) in [5.74, 6) is 3.23. The lowest BCUT2D eigenvalue weighted by molar-refractivity contribution is 0.288. The van der Waals surface area contributed by atoms with E-state index in [1.807, 2.05) is 6.08 Å². The SMILES string of the molecule is C=CCCC1CC[C](C2CC[C](c3ccc(F)c(F)c3)CC2)CC1. The summed E-state index contributed by atoms with van der Waals surface area (Å²) < 4.78 is 26.5. The molecule has 0 aliphatic heterocycles. The van der Waals surface area contributed by atoms with Crippen LogP contribution >= 0.6 is 0 Å². The Labute approximate surface area is 145 Å². The highest BCUT2D eigenvalue weighted by Crippen LogP contribution is 2.45. The zero-order valence-corrected chi connectivity index (χ0v) is 14.5. The van der Waals surface area contributed by atoms with Crippen molar-refractivity contribution in [2.24, 2.45) is 11.8 Å². The molecule has 130 valence electrons. The highest BCUT2D eigenvalue weighted by Gasteiger charge is 2.31. The van der Waals surface area contributed by atoms with Gasteiger partial charge in [0, 0.05) is 5.92 Å². The van der Waals surface area contributed by atoms with E-state index < -0.39 is 11.6 Å². The highest BCUT2D eigenvalue weighted by molar-refractivity contribution is 5.32. The van der Waals surface area contributed by atoms with Gasteiger partial charge in [-0.1, -0.05) is 12.1 Å². The summed E-state index contributed by atoms with van der Waals surface area (Å²) in [7, 11) is 0. The predicted octanol–water partition coefficient (Wildman–Crippen LogP) is 6.81. The lowest BCUT2D eigenvalue weighted by Crippen LogP contribution is -2.24. The molecule has 0 heterocycles.